The van der Waals surface area contributed by atoms with E-state index in [9.17, 15) is 4.79 Å². The number of rotatable bonds is 6. The van der Waals surface area contributed by atoms with Crippen LogP contribution in [-0.2, 0) is 0 Å². The Morgan fingerprint density at radius 2 is 2.43 bits per heavy atom. The third kappa shape index (κ3) is 3.60. The van der Waals surface area contributed by atoms with Gasteiger partial charge in [-0.05, 0) is 24.8 Å². The van der Waals surface area contributed by atoms with E-state index in [1.165, 1.54) is 11.3 Å². The summed E-state index contributed by atoms with van der Waals surface area (Å²) in [6.07, 6.45) is 1.71. The first-order valence-corrected chi connectivity index (χ1v) is 5.92. The van der Waals surface area contributed by atoms with E-state index in [1.54, 1.807) is 0 Å². The lowest BCUT2D eigenvalue weighted by atomic mass is 10.2. The minimum absolute atomic E-state index is 0.246. The molecule has 1 N–H and O–H groups in total. The molecule has 1 aromatic heterocycles. The van der Waals surface area contributed by atoms with Gasteiger partial charge in [0.25, 0.3) is 0 Å². The summed E-state index contributed by atoms with van der Waals surface area (Å²) in [5.74, 6) is 0.246. The number of hydrogen-bond donors (Lipinski definition) is 1. The van der Waals surface area contributed by atoms with Gasteiger partial charge in [-0.1, -0.05) is 13.0 Å². The highest BCUT2D eigenvalue weighted by molar-refractivity contribution is 7.12. The minimum Gasteiger partial charge on any atom is -0.314 e. The van der Waals surface area contributed by atoms with Crippen molar-refractivity contribution in [3.05, 3.63) is 22.4 Å². The highest BCUT2D eigenvalue weighted by atomic mass is 32.1. The molecule has 0 radical (unpaired) electrons. The summed E-state index contributed by atoms with van der Waals surface area (Å²) in [4.78, 5) is 12.4. The van der Waals surface area contributed by atoms with E-state index >= 15 is 0 Å². The van der Waals surface area contributed by atoms with Crippen molar-refractivity contribution in [2.75, 3.05) is 6.54 Å². The maximum atomic E-state index is 11.5. The van der Waals surface area contributed by atoms with Gasteiger partial charge in [0, 0.05) is 19.0 Å². The van der Waals surface area contributed by atoms with Crippen LogP contribution in [0.3, 0.4) is 0 Å². The van der Waals surface area contributed by atoms with Crippen molar-refractivity contribution in [3.63, 3.8) is 0 Å². The van der Waals surface area contributed by atoms with Gasteiger partial charge in [0.15, 0.2) is 5.78 Å². The molecular weight excluding hydrogens is 194 g/mol. The second-order valence-electron chi connectivity index (χ2n) is 3.41. The minimum atomic E-state index is 0.246. The average molecular weight is 211 g/mol. The molecule has 0 bridgehead atoms. The van der Waals surface area contributed by atoms with Crippen molar-refractivity contribution in [2.24, 2.45) is 0 Å². The molecular formula is C11H17NOS. The van der Waals surface area contributed by atoms with E-state index in [-0.39, 0.29) is 5.78 Å². The molecule has 0 fully saturated rings. The maximum Gasteiger partial charge on any atom is 0.174 e. The van der Waals surface area contributed by atoms with Crippen molar-refractivity contribution < 1.29 is 4.79 Å². The second-order valence-corrected chi connectivity index (χ2v) is 4.36. The normalized spacial score (nSPS) is 12.7. The summed E-state index contributed by atoms with van der Waals surface area (Å²) in [5.41, 5.74) is 0. The van der Waals surface area contributed by atoms with Gasteiger partial charge >= 0.3 is 0 Å². The molecule has 0 aliphatic rings. The maximum absolute atomic E-state index is 11.5. The quantitative estimate of drug-likeness (QED) is 0.733. The molecule has 3 heteroatoms. The van der Waals surface area contributed by atoms with Gasteiger partial charge in [-0.2, -0.15) is 0 Å². The van der Waals surface area contributed by atoms with Gasteiger partial charge in [0.1, 0.15) is 0 Å². The predicted octanol–water partition coefficient (Wildman–Crippen LogP) is 2.71. The largest absolute Gasteiger partial charge is 0.314 e. The van der Waals surface area contributed by atoms with Crippen LogP contribution in [0.25, 0.3) is 0 Å². The van der Waals surface area contributed by atoms with Crippen LogP contribution in [0.2, 0.25) is 0 Å². The van der Waals surface area contributed by atoms with Crippen molar-refractivity contribution in [3.8, 4) is 0 Å². The average Bonchev–Trinajstić information content (AvgIpc) is 2.70. The van der Waals surface area contributed by atoms with E-state index in [0.29, 0.717) is 12.5 Å². The highest BCUT2D eigenvalue weighted by Crippen LogP contribution is 2.10. The Kier molecular flexibility index (Phi) is 4.84. The van der Waals surface area contributed by atoms with Crippen molar-refractivity contribution in [2.45, 2.75) is 32.7 Å². The van der Waals surface area contributed by atoms with E-state index in [4.69, 9.17) is 0 Å². The molecule has 1 aromatic rings. The molecule has 2 nitrogen and oxygen atoms in total. The molecule has 0 aliphatic carbocycles. The number of Topliss-reactive ketones (excluding diaryl/α,β-unsaturated/α-hetero) is 1. The molecule has 14 heavy (non-hydrogen) atoms. The fourth-order valence-corrected chi connectivity index (χ4v) is 1.83. The Bertz CT molecular complexity index is 269. The first kappa shape index (κ1) is 11.4. The van der Waals surface area contributed by atoms with Crippen LogP contribution in [0.5, 0.6) is 0 Å². The first-order valence-electron chi connectivity index (χ1n) is 5.04. The van der Waals surface area contributed by atoms with Gasteiger partial charge in [-0.25, -0.2) is 0 Å². The first-order chi connectivity index (χ1) is 6.74. The Hall–Kier alpha value is -0.670. The molecule has 0 saturated carbocycles. The fourth-order valence-electron chi connectivity index (χ4n) is 1.14. The fraction of sp³-hybridized carbons (Fsp3) is 0.545. The zero-order valence-electron chi connectivity index (χ0n) is 8.75. The van der Waals surface area contributed by atoms with Crippen LogP contribution in [0.15, 0.2) is 17.5 Å². The third-order valence-electron chi connectivity index (χ3n) is 2.25. The zero-order chi connectivity index (χ0) is 10.4. The lowest BCUT2D eigenvalue weighted by Crippen LogP contribution is -2.27. The van der Waals surface area contributed by atoms with Gasteiger partial charge in [-0.15, -0.1) is 11.3 Å². The molecule has 0 aliphatic heterocycles. The number of thiophene rings is 1. The van der Waals surface area contributed by atoms with Crippen molar-refractivity contribution in [1.29, 1.82) is 0 Å². The third-order valence-corrected chi connectivity index (χ3v) is 3.16. The number of nitrogens with one attached hydrogen (secondary N) is 1. The predicted molar refractivity (Wildman–Crippen MR) is 61.0 cm³/mol. The summed E-state index contributed by atoms with van der Waals surface area (Å²) in [6.45, 7) is 5.06. The molecule has 78 valence electrons. The standard InChI is InChI=1S/C11H17NOS/c1-3-9(2)12-7-6-10(13)11-5-4-8-14-11/h4-5,8-9,12H,3,6-7H2,1-2H3. The topological polar surface area (TPSA) is 29.1 Å². The van der Waals surface area contributed by atoms with Crippen LogP contribution in [0.4, 0.5) is 0 Å². The van der Waals surface area contributed by atoms with Gasteiger partial charge in [0.2, 0.25) is 0 Å². The molecule has 1 rings (SSSR count). The molecule has 1 heterocycles. The molecule has 1 unspecified atom stereocenters. The van der Waals surface area contributed by atoms with E-state index in [0.717, 1.165) is 17.8 Å². The van der Waals surface area contributed by atoms with Crippen molar-refractivity contribution >= 4 is 17.1 Å². The van der Waals surface area contributed by atoms with Crippen LogP contribution < -0.4 is 5.32 Å². The lowest BCUT2D eigenvalue weighted by Gasteiger charge is -2.09. The van der Waals surface area contributed by atoms with Crippen molar-refractivity contribution in [1.82, 2.24) is 5.32 Å². The Balaban J connectivity index is 2.23. The van der Waals surface area contributed by atoms with Gasteiger partial charge < -0.3 is 5.32 Å². The summed E-state index contributed by atoms with van der Waals surface area (Å²) >= 11 is 1.52. The van der Waals surface area contributed by atoms with E-state index < -0.39 is 0 Å². The molecule has 0 aromatic carbocycles. The second kappa shape index (κ2) is 5.94. The number of hydrogen-bond acceptors (Lipinski definition) is 3. The lowest BCUT2D eigenvalue weighted by molar-refractivity contribution is 0.0985. The van der Waals surface area contributed by atoms with Crippen LogP contribution in [-0.4, -0.2) is 18.4 Å². The smallest absolute Gasteiger partial charge is 0.174 e. The number of carbonyl (C=O) groups is 1. The molecule has 1 atom stereocenters. The monoisotopic (exact) mass is 211 g/mol. The molecule has 0 saturated heterocycles. The Morgan fingerprint density at radius 3 is 3.00 bits per heavy atom. The van der Waals surface area contributed by atoms with Crippen LogP contribution in [0.1, 0.15) is 36.4 Å². The number of ketones is 1. The summed E-state index contributed by atoms with van der Waals surface area (Å²) in [5, 5.41) is 5.25. The van der Waals surface area contributed by atoms with Crippen LogP contribution >= 0.6 is 11.3 Å². The van der Waals surface area contributed by atoms with E-state index in [2.05, 4.69) is 19.2 Å². The van der Waals surface area contributed by atoms with Gasteiger partial charge in [-0.3, -0.25) is 4.79 Å². The Morgan fingerprint density at radius 1 is 1.64 bits per heavy atom. The summed E-state index contributed by atoms with van der Waals surface area (Å²) in [6, 6.07) is 4.31. The van der Waals surface area contributed by atoms with Gasteiger partial charge in [0.05, 0.1) is 4.88 Å². The zero-order valence-corrected chi connectivity index (χ0v) is 9.56. The summed E-state index contributed by atoms with van der Waals surface area (Å²) in [7, 11) is 0. The molecule has 0 amide bonds. The highest BCUT2D eigenvalue weighted by Gasteiger charge is 2.06. The summed E-state index contributed by atoms with van der Waals surface area (Å²) < 4.78 is 0. The number of carbonyl (C=O) groups excluding carboxylic acids is 1. The van der Waals surface area contributed by atoms with Crippen LogP contribution in [0, 0.1) is 0 Å². The Labute approximate surface area is 89.3 Å². The SMILES string of the molecule is CCC(C)NCCC(=O)c1cccs1. The molecule has 0 spiro atoms. The van der Waals surface area contributed by atoms with E-state index in [1.807, 2.05) is 17.5 Å².